The van der Waals surface area contributed by atoms with Crippen molar-refractivity contribution in [1.82, 2.24) is 14.4 Å². The summed E-state index contributed by atoms with van der Waals surface area (Å²) in [7, 11) is 0. The van der Waals surface area contributed by atoms with Crippen LogP contribution in [0, 0.1) is 12.7 Å². The molecule has 0 fully saturated rings. The third kappa shape index (κ3) is 8.15. The number of carbonyl (C=O) groups is 2. The maximum absolute atomic E-state index is 13.9. The van der Waals surface area contributed by atoms with Gasteiger partial charge < -0.3 is 14.4 Å². The number of aryl methyl sites for hydroxylation is 1. The summed E-state index contributed by atoms with van der Waals surface area (Å²) >= 11 is 0. The van der Waals surface area contributed by atoms with Crippen molar-refractivity contribution in [3.05, 3.63) is 131 Å². The molecule has 0 aliphatic rings. The van der Waals surface area contributed by atoms with Gasteiger partial charge in [0.25, 0.3) is 5.91 Å². The summed E-state index contributed by atoms with van der Waals surface area (Å²) in [5.74, 6) is -0.487. The predicted molar refractivity (Wildman–Crippen MR) is 157 cm³/mol. The maximum Gasteiger partial charge on any atom is 0.254 e. The lowest BCUT2D eigenvalue weighted by molar-refractivity contribution is -0.133. The van der Waals surface area contributed by atoms with E-state index in [4.69, 9.17) is 0 Å². The van der Waals surface area contributed by atoms with Gasteiger partial charge in [0.15, 0.2) is 0 Å². The van der Waals surface area contributed by atoms with Gasteiger partial charge in [0.05, 0.1) is 6.54 Å². The number of nitrogens with zero attached hydrogens (tertiary/aromatic N) is 3. The summed E-state index contributed by atoms with van der Waals surface area (Å²) in [6, 6.07) is 27.9. The molecule has 0 aliphatic carbocycles. The molecule has 0 spiro atoms. The standard InChI is InChI=1S/C34H38FN3O2/c1-3-4-8-21-37(34(40)30-17-13-27(2)14-18-30)26-33(39)38(24-28-10-6-5-7-11-28)25-32-12-9-22-36(32)23-29-15-19-31(35)20-16-29/h5-7,9-20,22H,3-4,8,21,23-26H2,1-2H3. The second kappa shape index (κ2) is 14.3. The average Bonchev–Trinajstić information content (AvgIpc) is 3.40. The Balaban J connectivity index is 1.55. The molecule has 4 aromatic rings. The molecule has 2 amide bonds. The van der Waals surface area contributed by atoms with Gasteiger partial charge in [0.1, 0.15) is 12.4 Å². The van der Waals surface area contributed by atoms with Crippen molar-refractivity contribution in [2.24, 2.45) is 0 Å². The van der Waals surface area contributed by atoms with Crippen LogP contribution in [0.15, 0.2) is 97.2 Å². The van der Waals surface area contributed by atoms with Crippen LogP contribution in [0.2, 0.25) is 0 Å². The molecule has 0 saturated heterocycles. The van der Waals surface area contributed by atoms with Crippen LogP contribution in [-0.4, -0.2) is 39.3 Å². The van der Waals surface area contributed by atoms with Gasteiger partial charge >= 0.3 is 0 Å². The molecule has 40 heavy (non-hydrogen) atoms. The molecule has 0 N–H and O–H groups in total. The normalized spacial score (nSPS) is 10.9. The van der Waals surface area contributed by atoms with Crippen LogP contribution >= 0.6 is 0 Å². The summed E-state index contributed by atoms with van der Waals surface area (Å²) < 4.78 is 15.5. The first-order valence-electron chi connectivity index (χ1n) is 14.0. The van der Waals surface area contributed by atoms with E-state index < -0.39 is 0 Å². The maximum atomic E-state index is 13.9. The van der Waals surface area contributed by atoms with Crippen LogP contribution in [0.1, 0.15) is 58.9 Å². The van der Waals surface area contributed by atoms with Gasteiger partial charge in [-0.25, -0.2) is 4.39 Å². The lowest BCUT2D eigenvalue weighted by Gasteiger charge is -2.28. The molecule has 0 saturated carbocycles. The van der Waals surface area contributed by atoms with Crippen molar-refractivity contribution in [2.75, 3.05) is 13.1 Å². The van der Waals surface area contributed by atoms with E-state index in [1.165, 1.54) is 12.1 Å². The lowest BCUT2D eigenvalue weighted by Crippen LogP contribution is -2.43. The Bertz CT molecular complexity index is 1360. The average molecular weight is 540 g/mol. The summed E-state index contributed by atoms with van der Waals surface area (Å²) in [6.07, 6.45) is 4.85. The first-order chi connectivity index (χ1) is 19.4. The molecule has 0 radical (unpaired) electrons. The third-order valence-electron chi connectivity index (χ3n) is 7.05. The topological polar surface area (TPSA) is 45.6 Å². The Morgan fingerprint density at radius 3 is 2.20 bits per heavy atom. The van der Waals surface area contributed by atoms with Crippen molar-refractivity contribution >= 4 is 11.8 Å². The monoisotopic (exact) mass is 539 g/mol. The van der Waals surface area contributed by atoms with Crippen molar-refractivity contribution in [2.45, 2.75) is 52.7 Å². The number of halogens is 1. The zero-order chi connectivity index (χ0) is 28.3. The molecule has 208 valence electrons. The zero-order valence-electron chi connectivity index (χ0n) is 23.4. The van der Waals surface area contributed by atoms with Crippen LogP contribution in [0.5, 0.6) is 0 Å². The smallest absolute Gasteiger partial charge is 0.254 e. The molecule has 6 heteroatoms. The fourth-order valence-corrected chi connectivity index (χ4v) is 4.71. The first kappa shape index (κ1) is 28.8. The van der Waals surface area contributed by atoms with Gasteiger partial charge in [-0.2, -0.15) is 0 Å². The molecule has 3 aromatic carbocycles. The van der Waals surface area contributed by atoms with Crippen LogP contribution in [-0.2, 0) is 24.4 Å². The van der Waals surface area contributed by atoms with E-state index in [1.807, 2.05) is 84.8 Å². The number of rotatable bonds is 13. The fourth-order valence-electron chi connectivity index (χ4n) is 4.71. The molecule has 0 aliphatic heterocycles. The number of aromatic nitrogens is 1. The number of hydrogen-bond acceptors (Lipinski definition) is 2. The minimum absolute atomic E-state index is 0.0158. The van der Waals surface area contributed by atoms with Gasteiger partial charge in [-0.05, 0) is 60.9 Å². The van der Waals surface area contributed by atoms with E-state index >= 15 is 0 Å². The van der Waals surface area contributed by atoms with Gasteiger partial charge in [0.2, 0.25) is 5.91 Å². The predicted octanol–water partition coefficient (Wildman–Crippen LogP) is 6.85. The number of carbonyl (C=O) groups excluding carboxylic acids is 2. The minimum atomic E-state index is -0.264. The van der Waals surface area contributed by atoms with E-state index in [9.17, 15) is 14.0 Å². The summed E-state index contributed by atoms with van der Waals surface area (Å²) in [5.41, 5.74) is 4.65. The number of benzene rings is 3. The number of unbranched alkanes of at least 4 members (excludes halogenated alkanes) is 2. The Labute approximate surface area is 236 Å². The Morgan fingerprint density at radius 1 is 0.775 bits per heavy atom. The largest absolute Gasteiger partial charge is 0.345 e. The highest BCUT2D eigenvalue weighted by molar-refractivity contribution is 5.96. The van der Waals surface area contributed by atoms with E-state index in [0.29, 0.717) is 31.7 Å². The second-order valence-electron chi connectivity index (χ2n) is 10.3. The molecule has 1 heterocycles. The van der Waals surface area contributed by atoms with E-state index in [0.717, 1.165) is 41.6 Å². The Kier molecular flexibility index (Phi) is 10.3. The molecule has 0 unspecified atom stereocenters. The van der Waals surface area contributed by atoms with E-state index in [2.05, 4.69) is 11.5 Å². The van der Waals surface area contributed by atoms with Crippen LogP contribution < -0.4 is 0 Å². The van der Waals surface area contributed by atoms with Gasteiger partial charge in [-0.1, -0.05) is 79.9 Å². The van der Waals surface area contributed by atoms with Crippen molar-refractivity contribution in [3.8, 4) is 0 Å². The van der Waals surface area contributed by atoms with Gasteiger partial charge in [-0.3, -0.25) is 9.59 Å². The number of hydrogen-bond donors (Lipinski definition) is 0. The highest BCUT2D eigenvalue weighted by atomic mass is 19.1. The van der Waals surface area contributed by atoms with Gasteiger partial charge in [0, 0.05) is 37.1 Å². The minimum Gasteiger partial charge on any atom is -0.345 e. The highest BCUT2D eigenvalue weighted by Crippen LogP contribution is 2.16. The Morgan fingerprint density at radius 2 is 1.50 bits per heavy atom. The van der Waals surface area contributed by atoms with Crippen LogP contribution in [0.4, 0.5) is 4.39 Å². The van der Waals surface area contributed by atoms with Crippen LogP contribution in [0.3, 0.4) is 0 Å². The van der Waals surface area contributed by atoms with Crippen molar-refractivity contribution in [3.63, 3.8) is 0 Å². The molecule has 1 aromatic heterocycles. The van der Waals surface area contributed by atoms with E-state index in [-0.39, 0.29) is 24.2 Å². The zero-order valence-corrected chi connectivity index (χ0v) is 23.4. The summed E-state index contributed by atoms with van der Waals surface area (Å²) in [5, 5.41) is 0. The number of amides is 2. The molecule has 0 bridgehead atoms. The third-order valence-corrected chi connectivity index (χ3v) is 7.05. The lowest BCUT2D eigenvalue weighted by atomic mass is 10.1. The molecule has 4 rings (SSSR count). The van der Waals surface area contributed by atoms with Crippen molar-refractivity contribution < 1.29 is 14.0 Å². The quantitative estimate of drug-likeness (QED) is 0.175. The summed E-state index contributed by atoms with van der Waals surface area (Å²) in [6.45, 7) is 6.07. The van der Waals surface area contributed by atoms with E-state index in [1.54, 1.807) is 17.0 Å². The SMILES string of the molecule is CCCCCN(CC(=O)N(Cc1ccccc1)Cc1cccn1Cc1ccc(F)cc1)C(=O)c1ccc(C)cc1. The highest BCUT2D eigenvalue weighted by Gasteiger charge is 2.23. The Hall–Kier alpha value is -4.19. The first-order valence-corrected chi connectivity index (χ1v) is 14.0. The molecular formula is C34H38FN3O2. The van der Waals surface area contributed by atoms with Gasteiger partial charge in [-0.15, -0.1) is 0 Å². The molecular weight excluding hydrogens is 501 g/mol. The van der Waals surface area contributed by atoms with Crippen molar-refractivity contribution in [1.29, 1.82) is 0 Å². The fraction of sp³-hybridized carbons (Fsp3) is 0.294. The molecule has 0 atom stereocenters. The molecule has 5 nitrogen and oxygen atoms in total. The second-order valence-corrected chi connectivity index (χ2v) is 10.3. The summed E-state index contributed by atoms with van der Waals surface area (Å²) in [4.78, 5) is 30.9. The van der Waals surface area contributed by atoms with Crippen LogP contribution in [0.25, 0.3) is 0 Å².